The molecule has 2 aromatic heterocycles. The van der Waals surface area contributed by atoms with Gasteiger partial charge in [0.05, 0.1) is 6.61 Å². The summed E-state index contributed by atoms with van der Waals surface area (Å²) in [6, 6.07) is 3.99. The van der Waals surface area contributed by atoms with Crippen molar-refractivity contribution in [2.75, 3.05) is 6.61 Å². The molecule has 1 atom stereocenters. The van der Waals surface area contributed by atoms with Crippen LogP contribution in [0.5, 0.6) is 11.5 Å². The molecular weight excluding hydrogens is 462 g/mol. The smallest absolute Gasteiger partial charge is 0.408 e. The maximum absolute atomic E-state index is 13.0. The van der Waals surface area contributed by atoms with Crippen LogP contribution in [0.4, 0.5) is 4.79 Å². The van der Waals surface area contributed by atoms with Crippen molar-refractivity contribution in [2.45, 2.75) is 46.3 Å². The molecule has 35 heavy (non-hydrogen) atoms. The molecule has 0 saturated heterocycles. The lowest BCUT2D eigenvalue weighted by molar-refractivity contribution is -0.136. The van der Waals surface area contributed by atoms with Gasteiger partial charge in [0, 0.05) is 12.1 Å². The predicted octanol–water partition coefficient (Wildman–Crippen LogP) is 3.75. The van der Waals surface area contributed by atoms with E-state index in [2.05, 4.69) is 5.32 Å². The molecule has 0 aliphatic rings. The summed E-state index contributed by atoms with van der Waals surface area (Å²) in [7, 11) is 0. The van der Waals surface area contributed by atoms with Crippen LogP contribution in [0.3, 0.4) is 0 Å². The molecule has 0 aliphatic heterocycles. The van der Waals surface area contributed by atoms with Gasteiger partial charge in [-0.05, 0) is 46.8 Å². The van der Waals surface area contributed by atoms with Gasteiger partial charge < -0.3 is 33.5 Å². The van der Waals surface area contributed by atoms with Crippen LogP contribution < -0.4 is 15.5 Å². The molecule has 11 nitrogen and oxygen atoms in total. The molecule has 0 radical (unpaired) electrons. The number of amides is 1. The van der Waals surface area contributed by atoms with Gasteiger partial charge in [0.1, 0.15) is 51.7 Å². The normalized spacial score (nSPS) is 12.1. The summed E-state index contributed by atoms with van der Waals surface area (Å²) in [5, 5.41) is 12.6. The second-order valence-electron chi connectivity index (χ2n) is 8.47. The van der Waals surface area contributed by atoms with Gasteiger partial charge in [0.15, 0.2) is 0 Å². The van der Waals surface area contributed by atoms with Crippen LogP contribution in [0.1, 0.15) is 45.2 Å². The predicted molar refractivity (Wildman–Crippen MR) is 122 cm³/mol. The molecule has 2 heterocycles. The summed E-state index contributed by atoms with van der Waals surface area (Å²) in [5.41, 5.74) is -1.48. The number of ether oxygens (including phenoxy) is 3. The molecule has 0 bridgehead atoms. The van der Waals surface area contributed by atoms with Crippen LogP contribution in [-0.2, 0) is 14.3 Å². The average Bonchev–Trinajstić information content (AvgIpc) is 3.22. The Morgan fingerprint density at radius 3 is 2.54 bits per heavy atom. The van der Waals surface area contributed by atoms with Gasteiger partial charge in [-0.2, -0.15) is 0 Å². The molecule has 186 valence electrons. The first-order valence-electron chi connectivity index (χ1n) is 10.7. The molecular formula is C24H25NO10. The van der Waals surface area contributed by atoms with E-state index in [0.29, 0.717) is 0 Å². The minimum atomic E-state index is -1.07. The second-order valence-corrected chi connectivity index (χ2v) is 8.47. The summed E-state index contributed by atoms with van der Waals surface area (Å²) in [6.45, 7) is 8.23. The Morgan fingerprint density at radius 2 is 1.89 bits per heavy atom. The number of phenolic OH excluding ortho intramolecular Hbond substituents is 1. The van der Waals surface area contributed by atoms with Gasteiger partial charge in [-0.25, -0.2) is 14.4 Å². The fraction of sp³-hybridized carbons (Fsp3) is 0.333. The van der Waals surface area contributed by atoms with E-state index in [-0.39, 0.29) is 40.4 Å². The molecule has 2 N–H and O–H groups in total. The van der Waals surface area contributed by atoms with Crippen molar-refractivity contribution >= 4 is 29.0 Å². The number of benzene rings is 1. The first-order chi connectivity index (χ1) is 16.4. The minimum absolute atomic E-state index is 0.0386. The van der Waals surface area contributed by atoms with E-state index < -0.39 is 40.9 Å². The fourth-order valence-corrected chi connectivity index (χ4v) is 2.98. The highest BCUT2D eigenvalue weighted by molar-refractivity contribution is 5.90. The molecule has 0 fully saturated rings. The van der Waals surface area contributed by atoms with Crippen molar-refractivity contribution < 1.29 is 42.5 Å². The van der Waals surface area contributed by atoms with E-state index in [1.165, 1.54) is 25.1 Å². The lowest BCUT2D eigenvalue weighted by Crippen LogP contribution is -2.43. The third-order valence-electron chi connectivity index (χ3n) is 4.48. The molecule has 0 saturated carbocycles. The number of carbonyl (C=O) groups is 3. The van der Waals surface area contributed by atoms with Crippen LogP contribution in [-0.4, -0.2) is 41.4 Å². The summed E-state index contributed by atoms with van der Waals surface area (Å²) in [4.78, 5) is 49.0. The highest BCUT2D eigenvalue weighted by Gasteiger charge is 2.24. The van der Waals surface area contributed by atoms with Gasteiger partial charge in [0.25, 0.3) is 0 Å². The monoisotopic (exact) mass is 487 g/mol. The van der Waals surface area contributed by atoms with Gasteiger partial charge in [0.2, 0.25) is 11.2 Å². The summed E-state index contributed by atoms with van der Waals surface area (Å²) >= 11 is 0. The Labute approximate surface area is 199 Å². The van der Waals surface area contributed by atoms with E-state index in [9.17, 15) is 24.3 Å². The van der Waals surface area contributed by atoms with E-state index >= 15 is 0 Å². The maximum Gasteiger partial charge on any atom is 0.408 e. The molecule has 3 rings (SSSR count). The number of carbonyl (C=O) groups excluding carboxylic acids is 3. The zero-order chi connectivity index (χ0) is 25.9. The molecule has 1 amide bonds. The van der Waals surface area contributed by atoms with Gasteiger partial charge in [-0.1, -0.05) is 0 Å². The van der Waals surface area contributed by atoms with Crippen molar-refractivity contribution in [3.8, 4) is 22.8 Å². The van der Waals surface area contributed by atoms with E-state index in [0.717, 1.165) is 12.3 Å². The zero-order valence-electron chi connectivity index (χ0n) is 19.8. The highest BCUT2D eigenvalue weighted by atomic mass is 16.6. The molecule has 1 unspecified atom stereocenters. The van der Waals surface area contributed by atoms with Gasteiger partial charge in [-0.15, -0.1) is 0 Å². The number of nitrogens with one attached hydrogen (secondary N) is 1. The van der Waals surface area contributed by atoms with Gasteiger partial charge >= 0.3 is 18.0 Å². The number of furan rings is 1. The molecule has 0 aliphatic carbocycles. The Morgan fingerprint density at radius 1 is 1.17 bits per heavy atom. The van der Waals surface area contributed by atoms with Crippen LogP contribution in [0.25, 0.3) is 22.3 Å². The standard InChI is InChI=1S/C24H25NO10/c1-6-31-22(29)17-8-7-16(34-17)14-11-32-18-10-13(9-15(26)19(18)20(14)27)33-21(28)12(2)25-23(30)35-24(3,4)5/h7-12,26H,6H2,1-5H3,(H,25,30). The molecule has 11 heteroatoms. The largest absolute Gasteiger partial charge is 0.507 e. The Bertz CT molecular complexity index is 1330. The number of rotatable bonds is 6. The fourth-order valence-electron chi connectivity index (χ4n) is 2.98. The third kappa shape index (κ3) is 5.99. The Hall–Kier alpha value is -4.28. The third-order valence-corrected chi connectivity index (χ3v) is 4.48. The zero-order valence-corrected chi connectivity index (χ0v) is 19.8. The van der Waals surface area contributed by atoms with Crippen molar-refractivity contribution in [3.05, 3.63) is 46.5 Å². The van der Waals surface area contributed by atoms with Crippen molar-refractivity contribution in [3.63, 3.8) is 0 Å². The van der Waals surface area contributed by atoms with Crippen LogP contribution in [0, 0.1) is 0 Å². The number of aromatic hydroxyl groups is 1. The van der Waals surface area contributed by atoms with Gasteiger partial charge in [-0.3, -0.25) is 4.79 Å². The first-order valence-corrected chi connectivity index (χ1v) is 10.7. The SMILES string of the molecule is CCOC(=O)c1ccc(-c2coc3cc(OC(=O)C(C)NC(=O)OC(C)(C)C)cc(O)c3c2=O)o1. The number of phenols is 1. The van der Waals surface area contributed by atoms with E-state index in [1.54, 1.807) is 27.7 Å². The number of esters is 2. The Balaban J connectivity index is 1.82. The Kier molecular flexibility index (Phi) is 7.18. The van der Waals surface area contributed by atoms with Crippen molar-refractivity contribution in [1.29, 1.82) is 0 Å². The number of hydrogen-bond donors (Lipinski definition) is 2. The molecule has 1 aromatic carbocycles. The van der Waals surface area contributed by atoms with Crippen LogP contribution in [0.2, 0.25) is 0 Å². The lowest BCUT2D eigenvalue weighted by atomic mass is 10.1. The maximum atomic E-state index is 13.0. The van der Waals surface area contributed by atoms with Crippen LogP contribution >= 0.6 is 0 Å². The summed E-state index contributed by atoms with van der Waals surface area (Å²) in [6.07, 6.45) is 0.293. The highest BCUT2D eigenvalue weighted by Crippen LogP contribution is 2.31. The minimum Gasteiger partial charge on any atom is -0.507 e. The molecule has 0 spiro atoms. The summed E-state index contributed by atoms with van der Waals surface area (Å²) in [5.74, 6) is -2.20. The van der Waals surface area contributed by atoms with Crippen LogP contribution in [0.15, 0.2) is 44.2 Å². The van der Waals surface area contributed by atoms with E-state index in [4.69, 9.17) is 23.0 Å². The van der Waals surface area contributed by atoms with E-state index in [1.807, 2.05) is 0 Å². The second kappa shape index (κ2) is 9.92. The van der Waals surface area contributed by atoms with Crippen molar-refractivity contribution in [2.24, 2.45) is 0 Å². The van der Waals surface area contributed by atoms with Crippen molar-refractivity contribution in [1.82, 2.24) is 5.32 Å². The number of fused-ring (bicyclic) bond motifs is 1. The quantitative estimate of drug-likeness (QED) is 0.388. The lowest BCUT2D eigenvalue weighted by Gasteiger charge is -2.21. The number of hydrogen-bond acceptors (Lipinski definition) is 10. The first kappa shape index (κ1) is 25.3. The summed E-state index contributed by atoms with van der Waals surface area (Å²) < 4.78 is 26.0. The molecule has 3 aromatic rings. The topological polar surface area (TPSA) is 155 Å². The average molecular weight is 487 g/mol. The number of alkyl carbamates (subject to hydrolysis) is 1.